The number of carbonyl (C=O) groups excluding carboxylic acids is 3. The molecule has 3 aliphatic rings. The van der Waals surface area contributed by atoms with E-state index in [0.717, 1.165) is 18.0 Å². The molecule has 0 aromatic heterocycles. The molecule has 4 amide bonds. The lowest BCUT2D eigenvalue weighted by Gasteiger charge is -2.35. The number of halogens is 2. The molecule has 0 saturated carbocycles. The van der Waals surface area contributed by atoms with Crippen molar-refractivity contribution in [2.45, 2.75) is 6.04 Å². The Morgan fingerprint density at radius 3 is 2.44 bits per heavy atom. The van der Waals surface area contributed by atoms with Gasteiger partial charge < -0.3 is 19.4 Å². The van der Waals surface area contributed by atoms with Gasteiger partial charge in [-0.05, 0) is 31.3 Å². The third-order valence-electron chi connectivity index (χ3n) is 6.13. The Hall–Kier alpha value is -2.43. The van der Waals surface area contributed by atoms with Gasteiger partial charge in [0, 0.05) is 52.4 Å². The fourth-order valence-electron chi connectivity index (χ4n) is 4.17. The number of likely N-dealkylation sites (N-methyl/N-ethyl adjacent to an activating group) is 1. The number of nitrogens with zero attached hydrogens (tertiary/aromatic N) is 5. The Bertz CT molecular complexity index is 834. The molecule has 0 radical (unpaired) electrons. The van der Waals surface area contributed by atoms with E-state index in [4.69, 9.17) is 4.74 Å². The monoisotopic (exact) mass is 469 g/mol. The summed E-state index contributed by atoms with van der Waals surface area (Å²) in [5.41, 5.74) is 0. The molecular weight excluding hydrogens is 441 g/mol. The molecule has 1 atom stereocenters. The van der Waals surface area contributed by atoms with Crippen molar-refractivity contribution in [3.63, 3.8) is 0 Å². The van der Waals surface area contributed by atoms with E-state index >= 15 is 0 Å². The van der Waals surface area contributed by atoms with E-state index in [9.17, 15) is 18.8 Å². The third kappa shape index (κ3) is 5.31. The molecule has 3 fully saturated rings. The highest BCUT2D eigenvalue weighted by Crippen LogP contribution is 2.22. The lowest BCUT2D eigenvalue weighted by atomic mass is 10.2. The molecule has 32 heavy (non-hydrogen) atoms. The van der Waals surface area contributed by atoms with Crippen LogP contribution in [0, 0.1) is 5.82 Å². The van der Waals surface area contributed by atoms with Gasteiger partial charge in [-0.15, -0.1) is 12.4 Å². The number of amides is 4. The molecule has 9 nitrogen and oxygen atoms in total. The number of piperazine rings is 2. The first kappa shape index (κ1) is 24.2. The second-order valence-electron chi connectivity index (χ2n) is 8.20. The molecule has 3 aliphatic heterocycles. The molecule has 0 spiro atoms. The van der Waals surface area contributed by atoms with Crippen LogP contribution in [0.2, 0.25) is 0 Å². The Morgan fingerprint density at radius 2 is 1.75 bits per heavy atom. The predicted octanol–water partition coefficient (Wildman–Crippen LogP) is 0.349. The van der Waals surface area contributed by atoms with Crippen molar-refractivity contribution in [1.82, 2.24) is 24.5 Å². The van der Waals surface area contributed by atoms with Gasteiger partial charge in [-0.3, -0.25) is 19.4 Å². The summed E-state index contributed by atoms with van der Waals surface area (Å²) < 4.78 is 18.6. The normalized spacial score (nSPS) is 22.1. The Labute approximate surface area is 193 Å². The van der Waals surface area contributed by atoms with E-state index in [-0.39, 0.29) is 42.6 Å². The van der Waals surface area contributed by atoms with Gasteiger partial charge in [-0.1, -0.05) is 0 Å². The second kappa shape index (κ2) is 10.5. The summed E-state index contributed by atoms with van der Waals surface area (Å²) in [6.07, 6.45) is 0. The maximum atomic E-state index is 13.0. The minimum atomic E-state index is -0.563. The van der Waals surface area contributed by atoms with Gasteiger partial charge in [-0.25, -0.2) is 9.18 Å². The van der Waals surface area contributed by atoms with Crippen molar-refractivity contribution in [3.05, 3.63) is 30.1 Å². The van der Waals surface area contributed by atoms with Crippen LogP contribution in [0.15, 0.2) is 24.3 Å². The van der Waals surface area contributed by atoms with Crippen molar-refractivity contribution in [2.24, 2.45) is 0 Å². The molecule has 0 bridgehead atoms. The van der Waals surface area contributed by atoms with E-state index in [1.165, 1.54) is 12.1 Å². The van der Waals surface area contributed by atoms with Crippen LogP contribution >= 0.6 is 12.4 Å². The van der Waals surface area contributed by atoms with Gasteiger partial charge in [0.2, 0.25) is 5.91 Å². The fourth-order valence-corrected chi connectivity index (χ4v) is 4.17. The number of carbonyl (C=O) groups is 3. The van der Waals surface area contributed by atoms with Crippen molar-refractivity contribution in [2.75, 3.05) is 72.6 Å². The highest BCUT2D eigenvalue weighted by atomic mass is 35.5. The van der Waals surface area contributed by atoms with Gasteiger partial charge >= 0.3 is 6.03 Å². The quantitative estimate of drug-likeness (QED) is 0.560. The fraction of sp³-hybridized carbons (Fsp3) is 0.571. The molecule has 11 heteroatoms. The first-order chi connectivity index (χ1) is 14.9. The molecule has 1 aromatic carbocycles. The SMILES string of the molecule is CN1CCN(C(=O)CN2C(=O)C3CN(CCOc4ccc(F)cc4)CCN3C2=O)CC1.Cl. The number of hydrogen-bond acceptors (Lipinski definition) is 6. The zero-order valence-electron chi connectivity index (χ0n) is 18.1. The first-order valence-corrected chi connectivity index (χ1v) is 10.6. The summed E-state index contributed by atoms with van der Waals surface area (Å²) in [7, 11) is 2.00. The van der Waals surface area contributed by atoms with Crippen LogP contribution in [-0.4, -0.2) is 121 Å². The lowest BCUT2D eigenvalue weighted by Crippen LogP contribution is -2.53. The summed E-state index contributed by atoms with van der Waals surface area (Å²) in [6.45, 7) is 5.07. The molecule has 1 unspecified atom stereocenters. The highest BCUT2D eigenvalue weighted by molar-refractivity contribution is 6.06. The van der Waals surface area contributed by atoms with Crippen molar-refractivity contribution >= 4 is 30.3 Å². The maximum absolute atomic E-state index is 13.0. The Kier molecular flexibility index (Phi) is 7.91. The summed E-state index contributed by atoms with van der Waals surface area (Å²) in [5.74, 6) is -0.222. The van der Waals surface area contributed by atoms with Crippen LogP contribution in [0.25, 0.3) is 0 Å². The predicted molar refractivity (Wildman–Crippen MR) is 117 cm³/mol. The van der Waals surface area contributed by atoms with Gasteiger partial charge in [0.15, 0.2) is 0 Å². The lowest BCUT2D eigenvalue weighted by molar-refractivity contribution is -0.138. The Balaban J connectivity index is 0.00000289. The molecule has 3 saturated heterocycles. The van der Waals surface area contributed by atoms with Gasteiger partial charge in [0.1, 0.15) is 30.8 Å². The highest BCUT2D eigenvalue weighted by Gasteiger charge is 2.48. The smallest absolute Gasteiger partial charge is 0.328 e. The van der Waals surface area contributed by atoms with Gasteiger partial charge in [0.25, 0.3) is 5.91 Å². The number of ether oxygens (including phenoxy) is 1. The molecule has 1 aromatic rings. The number of imide groups is 1. The summed E-state index contributed by atoms with van der Waals surface area (Å²) in [6, 6.07) is 4.89. The topological polar surface area (TPSA) is 76.6 Å². The average molecular weight is 470 g/mol. The molecule has 0 N–H and O–H groups in total. The molecule has 4 rings (SSSR count). The maximum Gasteiger partial charge on any atom is 0.328 e. The zero-order chi connectivity index (χ0) is 22.0. The van der Waals surface area contributed by atoms with Crippen molar-refractivity contribution < 1.29 is 23.5 Å². The van der Waals surface area contributed by atoms with Crippen molar-refractivity contribution in [3.8, 4) is 5.75 Å². The third-order valence-corrected chi connectivity index (χ3v) is 6.13. The van der Waals surface area contributed by atoms with Crippen molar-refractivity contribution in [1.29, 1.82) is 0 Å². The van der Waals surface area contributed by atoms with Crippen LogP contribution in [0.4, 0.5) is 9.18 Å². The zero-order valence-corrected chi connectivity index (χ0v) is 18.9. The molecule has 0 aliphatic carbocycles. The minimum absolute atomic E-state index is 0. The van der Waals surface area contributed by atoms with Crippen LogP contribution in [0.3, 0.4) is 0 Å². The summed E-state index contributed by atoms with van der Waals surface area (Å²) >= 11 is 0. The van der Waals surface area contributed by atoms with Crippen LogP contribution in [0.5, 0.6) is 5.75 Å². The second-order valence-corrected chi connectivity index (χ2v) is 8.20. The summed E-state index contributed by atoms with van der Waals surface area (Å²) in [4.78, 5) is 46.8. The molecule has 176 valence electrons. The molecular formula is C21H29ClFN5O4. The van der Waals surface area contributed by atoms with E-state index < -0.39 is 6.04 Å². The standard InChI is InChI=1S/C21H28FN5O4.ClH/c1-23-6-9-25(10-7-23)19(28)15-27-20(29)18-14-24(8-11-26(18)21(27)30)12-13-31-17-4-2-16(22)3-5-17;/h2-5,18H,6-15H2,1H3;1H. The van der Waals surface area contributed by atoms with E-state index in [0.29, 0.717) is 51.6 Å². The Morgan fingerprint density at radius 1 is 1.06 bits per heavy atom. The van der Waals surface area contributed by atoms with E-state index in [1.807, 2.05) is 7.05 Å². The first-order valence-electron chi connectivity index (χ1n) is 10.6. The number of benzene rings is 1. The largest absolute Gasteiger partial charge is 0.492 e. The number of urea groups is 1. The van der Waals surface area contributed by atoms with E-state index in [2.05, 4.69) is 9.80 Å². The van der Waals surface area contributed by atoms with E-state index in [1.54, 1.807) is 21.9 Å². The average Bonchev–Trinajstić information content (AvgIpc) is 3.00. The van der Waals surface area contributed by atoms with Crippen LogP contribution in [0.1, 0.15) is 0 Å². The number of rotatable bonds is 6. The van der Waals surface area contributed by atoms with Gasteiger partial charge in [-0.2, -0.15) is 0 Å². The number of fused-ring (bicyclic) bond motifs is 1. The molecule has 3 heterocycles. The van der Waals surface area contributed by atoms with Crippen LogP contribution < -0.4 is 4.74 Å². The number of hydrogen-bond donors (Lipinski definition) is 0. The van der Waals surface area contributed by atoms with Gasteiger partial charge in [0.05, 0.1) is 0 Å². The van der Waals surface area contributed by atoms with Crippen LogP contribution in [-0.2, 0) is 9.59 Å². The summed E-state index contributed by atoms with van der Waals surface area (Å²) in [5, 5.41) is 0. The minimum Gasteiger partial charge on any atom is -0.492 e.